The van der Waals surface area contributed by atoms with E-state index in [1.165, 1.54) is 0 Å². The summed E-state index contributed by atoms with van der Waals surface area (Å²) in [7, 11) is 1.78. The third kappa shape index (κ3) is 2.41. The number of carbonyl (C=O) groups excluding carboxylic acids is 1. The van der Waals surface area contributed by atoms with Crippen molar-refractivity contribution in [2.75, 3.05) is 0 Å². The van der Waals surface area contributed by atoms with E-state index < -0.39 is 5.97 Å². The summed E-state index contributed by atoms with van der Waals surface area (Å²) in [5.74, 6) is -0.393. The number of hydrogen-bond donors (Lipinski definition) is 0. The molecule has 0 spiro atoms. The lowest BCUT2D eigenvalue weighted by atomic mass is 10.1. The molecule has 0 N–H and O–H groups in total. The number of carbonyl (C=O) groups is 1. The molecule has 0 aliphatic carbocycles. The van der Waals surface area contributed by atoms with Crippen LogP contribution in [0.3, 0.4) is 0 Å². The Morgan fingerprint density at radius 2 is 2.11 bits per heavy atom. The van der Waals surface area contributed by atoms with E-state index >= 15 is 0 Å². The molecule has 2 rings (SSSR count). The molecular formula is C14H12N2O2. The van der Waals surface area contributed by atoms with Crippen molar-refractivity contribution >= 4 is 5.97 Å². The molecule has 0 unspecified atom stereocenters. The van der Waals surface area contributed by atoms with Crippen molar-refractivity contribution in [3.05, 3.63) is 59.4 Å². The molecule has 18 heavy (non-hydrogen) atoms. The normalized spacial score (nSPS) is 9.78. The van der Waals surface area contributed by atoms with Gasteiger partial charge < -0.3 is 9.30 Å². The Morgan fingerprint density at radius 1 is 1.33 bits per heavy atom. The maximum Gasteiger partial charge on any atom is 0.355 e. The Bertz CT molecular complexity index is 608. The van der Waals surface area contributed by atoms with Crippen molar-refractivity contribution in [1.29, 1.82) is 5.26 Å². The van der Waals surface area contributed by atoms with Crippen LogP contribution in [-0.4, -0.2) is 10.5 Å². The summed E-state index contributed by atoms with van der Waals surface area (Å²) >= 11 is 0. The highest BCUT2D eigenvalue weighted by Crippen LogP contribution is 2.10. The summed E-state index contributed by atoms with van der Waals surface area (Å²) in [4.78, 5) is 11.8. The standard InChI is InChI=1S/C14H12N2O2/c1-16-8-4-7-13(16)14(17)18-10-12-6-3-2-5-11(12)9-15/h2-8H,10H2,1H3. The topological polar surface area (TPSA) is 55.0 Å². The Hall–Kier alpha value is -2.54. The van der Waals surface area contributed by atoms with Crippen LogP contribution in [0.2, 0.25) is 0 Å². The third-order valence-corrected chi connectivity index (χ3v) is 2.65. The van der Waals surface area contributed by atoms with Gasteiger partial charge in [0, 0.05) is 18.8 Å². The van der Waals surface area contributed by atoms with Crippen LogP contribution in [0.25, 0.3) is 0 Å². The van der Waals surface area contributed by atoms with Crippen molar-refractivity contribution in [1.82, 2.24) is 4.57 Å². The number of aryl methyl sites for hydroxylation is 1. The smallest absolute Gasteiger partial charge is 0.355 e. The molecule has 4 nitrogen and oxygen atoms in total. The third-order valence-electron chi connectivity index (χ3n) is 2.65. The maximum atomic E-state index is 11.8. The minimum Gasteiger partial charge on any atom is -0.456 e. The highest BCUT2D eigenvalue weighted by atomic mass is 16.5. The number of aromatic nitrogens is 1. The first-order valence-electron chi connectivity index (χ1n) is 5.49. The Morgan fingerprint density at radius 3 is 2.78 bits per heavy atom. The van der Waals surface area contributed by atoms with Crippen LogP contribution in [0.4, 0.5) is 0 Å². The molecule has 0 radical (unpaired) electrons. The van der Waals surface area contributed by atoms with Crippen molar-refractivity contribution < 1.29 is 9.53 Å². The lowest BCUT2D eigenvalue weighted by Gasteiger charge is -2.06. The summed E-state index contributed by atoms with van der Waals surface area (Å²) in [6, 6.07) is 12.6. The maximum absolute atomic E-state index is 11.8. The van der Waals surface area contributed by atoms with E-state index in [1.807, 2.05) is 6.07 Å². The van der Waals surface area contributed by atoms with Gasteiger partial charge >= 0.3 is 5.97 Å². The van der Waals surface area contributed by atoms with Gasteiger partial charge in [0.25, 0.3) is 0 Å². The molecule has 0 bridgehead atoms. The predicted molar refractivity (Wildman–Crippen MR) is 65.7 cm³/mol. The van der Waals surface area contributed by atoms with Gasteiger partial charge in [-0.2, -0.15) is 5.26 Å². The van der Waals surface area contributed by atoms with Crippen LogP contribution in [0.5, 0.6) is 0 Å². The molecule has 0 fully saturated rings. The number of hydrogen-bond acceptors (Lipinski definition) is 3. The number of ether oxygens (including phenoxy) is 1. The molecule has 0 atom stereocenters. The predicted octanol–water partition coefficient (Wildman–Crippen LogP) is 2.25. The van der Waals surface area contributed by atoms with E-state index in [-0.39, 0.29) is 6.61 Å². The summed E-state index contributed by atoms with van der Waals surface area (Å²) in [5, 5.41) is 8.92. The highest BCUT2D eigenvalue weighted by molar-refractivity contribution is 5.87. The number of nitrogens with zero attached hydrogens (tertiary/aromatic N) is 2. The molecular weight excluding hydrogens is 228 g/mol. The first kappa shape index (κ1) is 11.9. The van der Waals surface area contributed by atoms with Gasteiger partial charge in [0.15, 0.2) is 0 Å². The lowest BCUT2D eigenvalue weighted by molar-refractivity contribution is 0.0461. The molecule has 0 aliphatic heterocycles. The van der Waals surface area contributed by atoms with E-state index in [9.17, 15) is 4.79 Å². The first-order chi connectivity index (χ1) is 8.72. The molecule has 90 valence electrons. The van der Waals surface area contributed by atoms with Crippen LogP contribution in [0.1, 0.15) is 21.6 Å². The number of benzene rings is 1. The second-order valence-corrected chi connectivity index (χ2v) is 3.85. The zero-order valence-corrected chi connectivity index (χ0v) is 9.96. The van der Waals surface area contributed by atoms with Gasteiger partial charge in [-0.25, -0.2) is 4.79 Å². The molecule has 1 aromatic carbocycles. The molecule has 0 aliphatic rings. The van der Waals surface area contributed by atoms with Crippen LogP contribution < -0.4 is 0 Å². The average Bonchev–Trinajstić information content (AvgIpc) is 2.82. The van der Waals surface area contributed by atoms with Crippen LogP contribution in [0.15, 0.2) is 42.6 Å². The monoisotopic (exact) mass is 240 g/mol. The fraction of sp³-hybridized carbons (Fsp3) is 0.143. The largest absolute Gasteiger partial charge is 0.456 e. The molecule has 4 heteroatoms. The Balaban J connectivity index is 2.07. The second-order valence-electron chi connectivity index (χ2n) is 3.85. The molecule has 2 aromatic rings. The summed E-state index contributed by atoms with van der Waals surface area (Å²) < 4.78 is 6.88. The number of esters is 1. The van der Waals surface area contributed by atoms with Crippen LogP contribution in [-0.2, 0) is 18.4 Å². The van der Waals surface area contributed by atoms with Gasteiger partial charge in [0.05, 0.1) is 11.6 Å². The minimum atomic E-state index is -0.393. The quantitative estimate of drug-likeness (QED) is 0.773. The summed E-state index contributed by atoms with van der Waals surface area (Å²) in [5.41, 5.74) is 1.73. The molecule has 0 saturated carbocycles. The Kier molecular flexibility index (Phi) is 3.44. The van der Waals surface area contributed by atoms with Crippen LogP contribution >= 0.6 is 0 Å². The van der Waals surface area contributed by atoms with E-state index in [1.54, 1.807) is 48.1 Å². The fourth-order valence-electron chi connectivity index (χ4n) is 1.65. The van der Waals surface area contributed by atoms with Gasteiger partial charge in [-0.3, -0.25) is 0 Å². The zero-order valence-electron chi connectivity index (χ0n) is 9.96. The van der Waals surface area contributed by atoms with Gasteiger partial charge in [0.2, 0.25) is 0 Å². The van der Waals surface area contributed by atoms with Crippen LogP contribution in [0, 0.1) is 11.3 Å². The minimum absolute atomic E-state index is 0.105. The van der Waals surface area contributed by atoms with Gasteiger partial charge in [0.1, 0.15) is 12.3 Å². The van der Waals surface area contributed by atoms with Crippen molar-refractivity contribution in [3.8, 4) is 6.07 Å². The van der Waals surface area contributed by atoms with Crippen molar-refractivity contribution in [2.24, 2.45) is 7.05 Å². The van der Waals surface area contributed by atoms with E-state index in [0.29, 0.717) is 16.8 Å². The lowest BCUT2D eigenvalue weighted by Crippen LogP contribution is -2.10. The van der Waals surface area contributed by atoms with E-state index in [0.717, 1.165) is 0 Å². The highest BCUT2D eigenvalue weighted by Gasteiger charge is 2.11. The first-order valence-corrected chi connectivity index (χ1v) is 5.49. The second kappa shape index (κ2) is 5.19. The van der Waals surface area contributed by atoms with Crippen molar-refractivity contribution in [3.63, 3.8) is 0 Å². The number of rotatable bonds is 3. The molecule has 1 heterocycles. The molecule has 0 amide bonds. The van der Waals surface area contributed by atoms with Crippen molar-refractivity contribution in [2.45, 2.75) is 6.61 Å². The van der Waals surface area contributed by atoms with Gasteiger partial charge in [-0.05, 0) is 18.2 Å². The fourth-order valence-corrected chi connectivity index (χ4v) is 1.65. The van der Waals surface area contributed by atoms with E-state index in [2.05, 4.69) is 6.07 Å². The average molecular weight is 240 g/mol. The zero-order chi connectivity index (χ0) is 13.0. The molecule has 1 aromatic heterocycles. The van der Waals surface area contributed by atoms with Gasteiger partial charge in [-0.15, -0.1) is 0 Å². The van der Waals surface area contributed by atoms with E-state index in [4.69, 9.17) is 10.00 Å². The summed E-state index contributed by atoms with van der Waals surface area (Å²) in [6.07, 6.45) is 1.78. The Labute approximate surface area is 105 Å². The summed E-state index contributed by atoms with van der Waals surface area (Å²) in [6.45, 7) is 0.105. The molecule has 0 saturated heterocycles. The SMILES string of the molecule is Cn1cccc1C(=O)OCc1ccccc1C#N. The van der Waals surface area contributed by atoms with Gasteiger partial charge in [-0.1, -0.05) is 18.2 Å². The number of nitriles is 1.